The fourth-order valence-electron chi connectivity index (χ4n) is 3.19. The first-order valence-corrected chi connectivity index (χ1v) is 7.41. The first-order chi connectivity index (χ1) is 10.0. The Balaban J connectivity index is 2.09. The van der Waals surface area contributed by atoms with E-state index in [4.69, 9.17) is 5.11 Å². The number of hydrogen-bond acceptors (Lipinski definition) is 3. The molecule has 0 aromatic carbocycles. The Bertz CT molecular complexity index is 496. The highest BCUT2D eigenvalue weighted by Gasteiger charge is 2.37. The van der Waals surface area contributed by atoms with Crippen molar-refractivity contribution in [3.05, 3.63) is 24.5 Å². The van der Waals surface area contributed by atoms with Gasteiger partial charge in [-0.05, 0) is 30.4 Å². The molecule has 5 nitrogen and oxygen atoms in total. The Kier molecular flexibility index (Phi) is 4.94. The van der Waals surface area contributed by atoms with Gasteiger partial charge in [0.2, 0.25) is 5.91 Å². The number of rotatable bonds is 5. The number of aromatic nitrogens is 1. The standard InChI is InChI=1S/C16H22N2O3/c1-18(13-5-9-17-10-6-13)14(19)11-16(12-15(20)21)7-3-2-4-8-16/h5-6,9-10H,2-4,7-8,11-12H2,1H3,(H,20,21). The minimum Gasteiger partial charge on any atom is -0.481 e. The minimum absolute atomic E-state index is 0.0237. The van der Waals surface area contributed by atoms with E-state index in [1.165, 1.54) is 0 Å². The second kappa shape index (κ2) is 6.70. The zero-order valence-corrected chi connectivity index (χ0v) is 12.4. The van der Waals surface area contributed by atoms with Gasteiger partial charge in [0.05, 0.1) is 6.42 Å². The summed E-state index contributed by atoms with van der Waals surface area (Å²) >= 11 is 0. The normalized spacial score (nSPS) is 17.2. The second-order valence-electron chi connectivity index (χ2n) is 5.97. The van der Waals surface area contributed by atoms with Crippen LogP contribution in [0.2, 0.25) is 0 Å². The number of hydrogen-bond donors (Lipinski definition) is 1. The van der Waals surface area contributed by atoms with Crippen molar-refractivity contribution in [2.45, 2.75) is 44.9 Å². The Morgan fingerprint density at radius 3 is 2.38 bits per heavy atom. The van der Waals surface area contributed by atoms with E-state index in [9.17, 15) is 9.59 Å². The topological polar surface area (TPSA) is 70.5 Å². The molecule has 2 rings (SSSR count). The summed E-state index contributed by atoms with van der Waals surface area (Å²) in [5.74, 6) is -0.833. The van der Waals surface area contributed by atoms with Gasteiger partial charge in [-0.15, -0.1) is 0 Å². The molecule has 114 valence electrons. The smallest absolute Gasteiger partial charge is 0.303 e. The van der Waals surface area contributed by atoms with Crippen LogP contribution in [-0.4, -0.2) is 29.0 Å². The number of pyridine rings is 1. The van der Waals surface area contributed by atoms with Crippen LogP contribution in [0.1, 0.15) is 44.9 Å². The van der Waals surface area contributed by atoms with E-state index in [1.54, 1.807) is 36.5 Å². The van der Waals surface area contributed by atoms with Crippen LogP contribution in [0.15, 0.2) is 24.5 Å². The SMILES string of the molecule is CN(C(=O)CC1(CC(=O)O)CCCCC1)c1ccncc1. The van der Waals surface area contributed by atoms with Crippen molar-refractivity contribution in [3.63, 3.8) is 0 Å². The maximum absolute atomic E-state index is 12.5. The first-order valence-electron chi connectivity index (χ1n) is 7.41. The summed E-state index contributed by atoms with van der Waals surface area (Å²) in [6.07, 6.45) is 8.50. The highest BCUT2D eigenvalue weighted by atomic mass is 16.4. The molecule has 21 heavy (non-hydrogen) atoms. The number of carboxylic acid groups (broad SMARTS) is 1. The Morgan fingerprint density at radius 2 is 1.81 bits per heavy atom. The molecule has 1 aliphatic carbocycles. The molecular weight excluding hydrogens is 268 g/mol. The number of amides is 1. The molecule has 1 N–H and O–H groups in total. The molecule has 0 radical (unpaired) electrons. The van der Waals surface area contributed by atoms with Crippen LogP contribution in [-0.2, 0) is 9.59 Å². The van der Waals surface area contributed by atoms with Crippen molar-refractivity contribution in [3.8, 4) is 0 Å². The van der Waals surface area contributed by atoms with E-state index in [0.717, 1.165) is 37.8 Å². The number of carbonyl (C=O) groups is 2. The van der Waals surface area contributed by atoms with Crippen molar-refractivity contribution in [2.75, 3.05) is 11.9 Å². The largest absolute Gasteiger partial charge is 0.481 e. The van der Waals surface area contributed by atoms with E-state index in [-0.39, 0.29) is 17.7 Å². The molecule has 0 bridgehead atoms. The van der Waals surface area contributed by atoms with Crippen molar-refractivity contribution in [1.82, 2.24) is 4.98 Å². The summed E-state index contributed by atoms with van der Waals surface area (Å²) in [5.41, 5.74) is 0.416. The minimum atomic E-state index is -0.809. The Morgan fingerprint density at radius 1 is 1.19 bits per heavy atom. The average molecular weight is 290 g/mol. The molecule has 1 amide bonds. The zero-order chi connectivity index (χ0) is 15.3. The Hall–Kier alpha value is -1.91. The number of anilines is 1. The third-order valence-corrected chi connectivity index (χ3v) is 4.39. The van der Waals surface area contributed by atoms with Crippen molar-refractivity contribution >= 4 is 17.6 Å². The molecule has 1 saturated carbocycles. The summed E-state index contributed by atoms with van der Waals surface area (Å²) in [6, 6.07) is 3.56. The molecule has 1 heterocycles. The molecule has 5 heteroatoms. The van der Waals surface area contributed by atoms with Gasteiger partial charge >= 0.3 is 5.97 Å². The lowest BCUT2D eigenvalue weighted by atomic mass is 9.69. The van der Waals surface area contributed by atoms with Gasteiger partial charge in [-0.2, -0.15) is 0 Å². The fraction of sp³-hybridized carbons (Fsp3) is 0.562. The van der Waals surface area contributed by atoms with Crippen molar-refractivity contribution in [2.24, 2.45) is 5.41 Å². The maximum Gasteiger partial charge on any atom is 0.303 e. The van der Waals surface area contributed by atoms with E-state index < -0.39 is 5.97 Å². The fourth-order valence-corrected chi connectivity index (χ4v) is 3.19. The summed E-state index contributed by atoms with van der Waals surface area (Å²) in [5, 5.41) is 9.17. The number of carbonyl (C=O) groups excluding carboxylic acids is 1. The van der Waals surface area contributed by atoms with Gasteiger partial charge in [0.25, 0.3) is 0 Å². The van der Waals surface area contributed by atoms with Gasteiger partial charge in [-0.25, -0.2) is 0 Å². The average Bonchev–Trinajstić information content (AvgIpc) is 2.47. The number of carboxylic acids is 1. The molecule has 0 unspecified atom stereocenters. The highest BCUT2D eigenvalue weighted by molar-refractivity contribution is 5.93. The lowest BCUT2D eigenvalue weighted by molar-refractivity contribution is -0.141. The van der Waals surface area contributed by atoms with Crippen LogP contribution in [0, 0.1) is 5.41 Å². The first kappa shape index (κ1) is 15.5. The molecule has 1 aliphatic rings. The lowest BCUT2D eigenvalue weighted by Gasteiger charge is -2.36. The molecule has 0 atom stereocenters. The van der Waals surface area contributed by atoms with Crippen LogP contribution in [0.4, 0.5) is 5.69 Å². The van der Waals surface area contributed by atoms with Gasteiger partial charge < -0.3 is 10.0 Å². The van der Waals surface area contributed by atoms with E-state index in [2.05, 4.69) is 4.98 Å². The van der Waals surface area contributed by atoms with Crippen LogP contribution in [0.25, 0.3) is 0 Å². The van der Waals surface area contributed by atoms with Gasteiger partial charge in [0.1, 0.15) is 0 Å². The summed E-state index contributed by atoms with van der Waals surface area (Å²) < 4.78 is 0. The lowest BCUT2D eigenvalue weighted by Crippen LogP contribution is -2.36. The molecule has 0 spiro atoms. The Labute approximate surface area is 125 Å². The van der Waals surface area contributed by atoms with Gasteiger partial charge in [-0.3, -0.25) is 14.6 Å². The highest BCUT2D eigenvalue weighted by Crippen LogP contribution is 2.42. The van der Waals surface area contributed by atoms with Gasteiger partial charge in [0, 0.05) is 31.5 Å². The number of nitrogens with zero attached hydrogens (tertiary/aromatic N) is 2. The molecular formula is C16H22N2O3. The third-order valence-electron chi connectivity index (χ3n) is 4.39. The molecule has 1 aromatic heterocycles. The molecule has 0 saturated heterocycles. The monoisotopic (exact) mass is 290 g/mol. The summed E-state index contributed by atoms with van der Waals surface area (Å²) in [6.45, 7) is 0. The quantitative estimate of drug-likeness (QED) is 0.905. The predicted molar refractivity (Wildman–Crippen MR) is 80.0 cm³/mol. The van der Waals surface area contributed by atoms with Gasteiger partial charge in [0.15, 0.2) is 0 Å². The van der Waals surface area contributed by atoms with Crippen LogP contribution < -0.4 is 4.90 Å². The van der Waals surface area contributed by atoms with E-state index in [0.29, 0.717) is 6.42 Å². The molecule has 0 aliphatic heterocycles. The third kappa shape index (κ3) is 4.03. The van der Waals surface area contributed by atoms with Crippen LogP contribution >= 0.6 is 0 Å². The second-order valence-corrected chi connectivity index (χ2v) is 5.97. The zero-order valence-electron chi connectivity index (χ0n) is 12.4. The van der Waals surface area contributed by atoms with Crippen molar-refractivity contribution in [1.29, 1.82) is 0 Å². The van der Waals surface area contributed by atoms with E-state index in [1.807, 2.05) is 0 Å². The van der Waals surface area contributed by atoms with Gasteiger partial charge in [-0.1, -0.05) is 19.3 Å². The maximum atomic E-state index is 12.5. The predicted octanol–water partition coefficient (Wildman–Crippen LogP) is 2.86. The summed E-state index contributed by atoms with van der Waals surface area (Å²) in [4.78, 5) is 29.2. The number of aliphatic carboxylic acids is 1. The van der Waals surface area contributed by atoms with Crippen LogP contribution in [0.5, 0.6) is 0 Å². The van der Waals surface area contributed by atoms with Crippen molar-refractivity contribution < 1.29 is 14.7 Å². The van der Waals surface area contributed by atoms with Crippen LogP contribution in [0.3, 0.4) is 0 Å². The summed E-state index contributed by atoms with van der Waals surface area (Å²) in [7, 11) is 1.73. The molecule has 1 fully saturated rings. The molecule has 1 aromatic rings. The van der Waals surface area contributed by atoms with E-state index >= 15 is 0 Å².